The van der Waals surface area contributed by atoms with Gasteiger partial charge in [0.05, 0.1) is 0 Å². The first kappa shape index (κ1) is 16.6. The van der Waals surface area contributed by atoms with E-state index in [1.165, 1.54) is 7.11 Å². The van der Waals surface area contributed by atoms with Crippen LogP contribution in [0.3, 0.4) is 0 Å². The van der Waals surface area contributed by atoms with E-state index in [4.69, 9.17) is 30.8 Å². The summed E-state index contributed by atoms with van der Waals surface area (Å²) in [6.45, 7) is 5.32. The number of esters is 1. The fourth-order valence-electron chi connectivity index (χ4n) is 1.42. The van der Waals surface area contributed by atoms with Crippen molar-refractivity contribution in [3.05, 3.63) is 0 Å². The van der Waals surface area contributed by atoms with Crippen molar-refractivity contribution in [1.82, 2.24) is 0 Å². The van der Waals surface area contributed by atoms with Crippen LogP contribution in [0, 0.1) is 0 Å². The molecule has 1 rings (SSSR count). The van der Waals surface area contributed by atoms with Crippen molar-refractivity contribution in [2.24, 2.45) is 0 Å². The highest BCUT2D eigenvalue weighted by Crippen LogP contribution is 2.35. The highest BCUT2D eigenvalue weighted by atomic mass is 35.5. The van der Waals surface area contributed by atoms with Gasteiger partial charge in [-0.2, -0.15) is 4.89 Å². The SMILES string of the molecule is C.COC1(C)OOC(C)(C)CC1OC(=O)CCl. The molecule has 17 heavy (non-hydrogen) atoms. The van der Waals surface area contributed by atoms with Crippen LogP contribution < -0.4 is 0 Å². The summed E-state index contributed by atoms with van der Waals surface area (Å²) in [5.41, 5.74) is -0.532. The van der Waals surface area contributed by atoms with Crippen LogP contribution >= 0.6 is 11.6 Å². The number of hydrogen-bond donors (Lipinski definition) is 0. The van der Waals surface area contributed by atoms with Crippen molar-refractivity contribution in [2.45, 2.75) is 52.1 Å². The van der Waals surface area contributed by atoms with Crippen molar-refractivity contribution < 1.29 is 24.0 Å². The lowest BCUT2D eigenvalue weighted by atomic mass is 9.95. The van der Waals surface area contributed by atoms with Gasteiger partial charge in [0.2, 0.25) is 5.79 Å². The molecule has 0 aliphatic carbocycles. The molecule has 0 N–H and O–H groups in total. The Balaban J connectivity index is 0.00000256. The second kappa shape index (κ2) is 6.00. The lowest BCUT2D eigenvalue weighted by Gasteiger charge is -2.43. The number of carbonyl (C=O) groups excluding carboxylic acids is 1. The molecule has 6 heteroatoms. The van der Waals surface area contributed by atoms with Crippen molar-refractivity contribution in [2.75, 3.05) is 13.0 Å². The summed E-state index contributed by atoms with van der Waals surface area (Å²) in [6, 6.07) is 0. The third kappa shape index (κ3) is 4.10. The van der Waals surface area contributed by atoms with Crippen LogP contribution in [-0.4, -0.2) is 36.5 Å². The number of alkyl halides is 1. The molecule has 1 heterocycles. The summed E-state index contributed by atoms with van der Waals surface area (Å²) < 4.78 is 10.3. The Bertz CT molecular complexity index is 269. The van der Waals surface area contributed by atoms with E-state index in [9.17, 15) is 4.79 Å². The van der Waals surface area contributed by atoms with E-state index < -0.39 is 23.5 Å². The summed E-state index contributed by atoms with van der Waals surface area (Å²) in [5, 5.41) is 0. The number of rotatable bonds is 3. The van der Waals surface area contributed by atoms with Gasteiger partial charge in [-0.05, 0) is 20.8 Å². The Hall–Kier alpha value is -0.360. The van der Waals surface area contributed by atoms with Gasteiger partial charge in [-0.3, -0.25) is 4.79 Å². The molecule has 102 valence electrons. The monoisotopic (exact) mass is 268 g/mol. The Morgan fingerprint density at radius 3 is 2.47 bits per heavy atom. The molecule has 0 saturated carbocycles. The lowest BCUT2D eigenvalue weighted by molar-refractivity contribution is -0.497. The zero-order valence-electron chi connectivity index (χ0n) is 9.91. The van der Waals surface area contributed by atoms with Crippen LogP contribution in [-0.2, 0) is 24.0 Å². The Kier molecular flexibility index (Phi) is 5.87. The van der Waals surface area contributed by atoms with E-state index in [-0.39, 0.29) is 13.3 Å². The lowest BCUT2D eigenvalue weighted by Crippen LogP contribution is -2.55. The predicted molar refractivity (Wildman–Crippen MR) is 63.6 cm³/mol. The maximum Gasteiger partial charge on any atom is 0.321 e. The highest BCUT2D eigenvalue weighted by Gasteiger charge is 2.48. The van der Waals surface area contributed by atoms with E-state index in [1.807, 2.05) is 13.8 Å². The molecule has 5 nitrogen and oxygen atoms in total. The van der Waals surface area contributed by atoms with Gasteiger partial charge in [-0.25, -0.2) is 4.89 Å². The highest BCUT2D eigenvalue weighted by molar-refractivity contribution is 6.26. The molecule has 1 aliphatic heterocycles. The number of methoxy groups -OCH3 is 1. The molecule has 1 fully saturated rings. The number of hydrogen-bond acceptors (Lipinski definition) is 5. The van der Waals surface area contributed by atoms with E-state index in [0.29, 0.717) is 6.42 Å². The molecular weight excluding hydrogens is 248 g/mol. The molecular formula is C11H21ClO5. The standard InChI is InChI=1S/C10H17ClO5.CH4/c1-9(2)5-7(14-8(12)6-11)10(3,13-4)16-15-9;/h7H,5-6H2,1-4H3;1H4. The maximum atomic E-state index is 11.2. The van der Waals surface area contributed by atoms with Gasteiger partial charge < -0.3 is 9.47 Å². The van der Waals surface area contributed by atoms with Gasteiger partial charge in [0, 0.05) is 13.5 Å². The number of ether oxygens (including phenoxy) is 2. The smallest absolute Gasteiger partial charge is 0.321 e. The van der Waals surface area contributed by atoms with Gasteiger partial charge in [0.1, 0.15) is 11.5 Å². The summed E-state index contributed by atoms with van der Waals surface area (Å²) >= 11 is 5.39. The predicted octanol–water partition coefficient (Wildman–Crippen LogP) is 2.27. The number of carbonyl (C=O) groups is 1. The topological polar surface area (TPSA) is 54.0 Å². The normalized spacial score (nSPS) is 31.5. The maximum absolute atomic E-state index is 11.2. The zero-order chi connectivity index (χ0) is 12.4. The Labute approximate surface area is 107 Å². The summed E-state index contributed by atoms with van der Waals surface area (Å²) in [6.07, 6.45) is -0.0764. The van der Waals surface area contributed by atoms with Crippen LogP contribution in [0.15, 0.2) is 0 Å². The fourth-order valence-corrected chi connectivity index (χ4v) is 1.48. The van der Waals surface area contributed by atoms with Crippen LogP contribution in [0.4, 0.5) is 0 Å². The van der Waals surface area contributed by atoms with Crippen LogP contribution in [0.5, 0.6) is 0 Å². The minimum Gasteiger partial charge on any atom is -0.456 e. The quantitative estimate of drug-likeness (QED) is 0.446. The molecule has 1 aliphatic rings. The molecule has 0 spiro atoms. The molecule has 0 aromatic carbocycles. The van der Waals surface area contributed by atoms with Crippen molar-refractivity contribution >= 4 is 17.6 Å². The van der Waals surface area contributed by atoms with Crippen molar-refractivity contribution in [1.29, 1.82) is 0 Å². The minimum atomic E-state index is -1.10. The third-order valence-electron chi connectivity index (χ3n) is 2.48. The van der Waals surface area contributed by atoms with Crippen LogP contribution in [0.25, 0.3) is 0 Å². The van der Waals surface area contributed by atoms with Gasteiger partial charge in [0.25, 0.3) is 0 Å². The first-order valence-corrected chi connectivity index (χ1v) is 5.54. The number of halogens is 1. The van der Waals surface area contributed by atoms with E-state index in [0.717, 1.165) is 0 Å². The Morgan fingerprint density at radius 1 is 1.41 bits per heavy atom. The van der Waals surface area contributed by atoms with Gasteiger partial charge in [0.15, 0.2) is 6.10 Å². The van der Waals surface area contributed by atoms with E-state index in [1.54, 1.807) is 6.92 Å². The fraction of sp³-hybridized carbons (Fsp3) is 0.909. The van der Waals surface area contributed by atoms with Gasteiger partial charge >= 0.3 is 5.97 Å². The average molecular weight is 269 g/mol. The molecule has 0 bridgehead atoms. The third-order valence-corrected chi connectivity index (χ3v) is 2.70. The summed E-state index contributed by atoms with van der Waals surface area (Å²) in [4.78, 5) is 21.5. The first-order chi connectivity index (χ1) is 7.33. The molecule has 2 unspecified atom stereocenters. The minimum absolute atomic E-state index is 0. The molecule has 0 radical (unpaired) electrons. The van der Waals surface area contributed by atoms with Crippen LogP contribution in [0.2, 0.25) is 0 Å². The molecule has 2 atom stereocenters. The average Bonchev–Trinajstić information content (AvgIpc) is 2.23. The van der Waals surface area contributed by atoms with Crippen molar-refractivity contribution in [3.8, 4) is 0 Å². The van der Waals surface area contributed by atoms with Gasteiger partial charge in [-0.15, -0.1) is 11.6 Å². The molecule has 0 amide bonds. The van der Waals surface area contributed by atoms with E-state index in [2.05, 4.69) is 0 Å². The first-order valence-electron chi connectivity index (χ1n) is 5.00. The van der Waals surface area contributed by atoms with Crippen LogP contribution in [0.1, 0.15) is 34.6 Å². The molecule has 0 aromatic rings. The summed E-state index contributed by atoms with van der Waals surface area (Å²) in [7, 11) is 1.46. The summed E-state index contributed by atoms with van der Waals surface area (Å²) in [5.74, 6) is -1.80. The van der Waals surface area contributed by atoms with E-state index >= 15 is 0 Å². The molecule has 1 saturated heterocycles. The zero-order valence-corrected chi connectivity index (χ0v) is 10.7. The largest absolute Gasteiger partial charge is 0.456 e. The second-order valence-electron chi connectivity index (χ2n) is 4.46. The van der Waals surface area contributed by atoms with Crippen molar-refractivity contribution in [3.63, 3.8) is 0 Å². The van der Waals surface area contributed by atoms with Gasteiger partial charge in [-0.1, -0.05) is 7.43 Å². The molecule has 0 aromatic heterocycles. The Morgan fingerprint density at radius 2 is 2.00 bits per heavy atom. The second-order valence-corrected chi connectivity index (χ2v) is 4.73.